The second-order valence-electron chi connectivity index (χ2n) is 3.49. The zero-order chi connectivity index (χ0) is 12.1. The van der Waals surface area contributed by atoms with E-state index in [1.807, 2.05) is 24.3 Å². The lowest BCUT2D eigenvalue weighted by molar-refractivity contribution is 0.0941. The van der Waals surface area contributed by atoms with Crippen molar-refractivity contribution >= 4 is 5.91 Å². The van der Waals surface area contributed by atoms with Gasteiger partial charge in [0.15, 0.2) is 5.69 Å². The van der Waals surface area contributed by atoms with Gasteiger partial charge in [-0.25, -0.2) is 0 Å². The zero-order valence-electron chi connectivity index (χ0n) is 9.09. The maximum absolute atomic E-state index is 11.6. The van der Waals surface area contributed by atoms with Gasteiger partial charge >= 0.3 is 0 Å². The van der Waals surface area contributed by atoms with Crippen molar-refractivity contribution in [3.05, 3.63) is 53.4 Å². The van der Waals surface area contributed by atoms with Crippen molar-refractivity contribution in [3.8, 4) is 0 Å². The van der Waals surface area contributed by atoms with Gasteiger partial charge in [-0.15, -0.1) is 0 Å². The van der Waals surface area contributed by atoms with E-state index in [9.17, 15) is 4.79 Å². The molecular formula is C12H12N2O3. The Bertz CT molecular complexity index is 494. The molecule has 0 saturated carbocycles. The number of nitrogens with zero attached hydrogens (tertiary/aromatic N) is 1. The second kappa shape index (κ2) is 5.27. The highest BCUT2D eigenvalue weighted by Gasteiger charge is 2.09. The first-order valence-corrected chi connectivity index (χ1v) is 5.17. The monoisotopic (exact) mass is 232 g/mol. The minimum atomic E-state index is -0.300. The Labute approximate surface area is 98.1 Å². The van der Waals surface area contributed by atoms with Crippen molar-refractivity contribution in [1.29, 1.82) is 0 Å². The largest absolute Gasteiger partial charge is 0.392 e. The third-order valence-corrected chi connectivity index (χ3v) is 2.40. The number of amides is 1. The minimum absolute atomic E-state index is 0.0456. The van der Waals surface area contributed by atoms with Gasteiger partial charge in [-0.2, -0.15) is 0 Å². The van der Waals surface area contributed by atoms with Gasteiger partial charge in [-0.3, -0.25) is 4.79 Å². The van der Waals surface area contributed by atoms with Crippen molar-refractivity contribution in [2.45, 2.75) is 13.2 Å². The van der Waals surface area contributed by atoms with Gasteiger partial charge in [0, 0.05) is 12.6 Å². The number of aliphatic hydroxyl groups is 1. The van der Waals surface area contributed by atoms with Crippen LogP contribution in [0.2, 0.25) is 0 Å². The minimum Gasteiger partial charge on any atom is -0.392 e. The van der Waals surface area contributed by atoms with E-state index in [4.69, 9.17) is 5.11 Å². The van der Waals surface area contributed by atoms with Crippen molar-refractivity contribution < 1.29 is 14.4 Å². The van der Waals surface area contributed by atoms with Crippen molar-refractivity contribution in [2.75, 3.05) is 0 Å². The van der Waals surface area contributed by atoms with Gasteiger partial charge in [0.1, 0.15) is 6.26 Å². The summed E-state index contributed by atoms with van der Waals surface area (Å²) in [7, 11) is 0. The maximum atomic E-state index is 11.6. The zero-order valence-corrected chi connectivity index (χ0v) is 9.09. The molecule has 1 aromatic carbocycles. The third kappa shape index (κ3) is 2.70. The Morgan fingerprint density at radius 3 is 2.71 bits per heavy atom. The average Bonchev–Trinajstić information content (AvgIpc) is 2.90. The molecule has 1 heterocycles. The molecule has 2 rings (SSSR count). The highest BCUT2D eigenvalue weighted by atomic mass is 16.5. The molecule has 2 aromatic rings. The fourth-order valence-electron chi connectivity index (χ4n) is 1.48. The number of aliphatic hydroxyl groups excluding tert-OH is 1. The predicted molar refractivity (Wildman–Crippen MR) is 60.0 cm³/mol. The van der Waals surface area contributed by atoms with E-state index in [-0.39, 0.29) is 18.2 Å². The number of carbonyl (C=O) groups excluding carboxylic acids is 1. The summed E-state index contributed by atoms with van der Waals surface area (Å²) < 4.78 is 4.58. The van der Waals surface area contributed by atoms with Gasteiger partial charge < -0.3 is 14.9 Å². The van der Waals surface area contributed by atoms with Crippen LogP contribution in [0.5, 0.6) is 0 Å². The predicted octanol–water partition coefficient (Wildman–Crippen LogP) is 1.10. The molecule has 88 valence electrons. The van der Waals surface area contributed by atoms with Crippen LogP contribution in [0.15, 0.2) is 41.1 Å². The number of benzene rings is 1. The molecule has 0 aliphatic heterocycles. The Kier molecular flexibility index (Phi) is 3.52. The van der Waals surface area contributed by atoms with E-state index in [0.29, 0.717) is 6.54 Å². The fourth-order valence-corrected chi connectivity index (χ4v) is 1.48. The molecule has 17 heavy (non-hydrogen) atoms. The normalized spacial score (nSPS) is 10.2. The van der Waals surface area contributed by atoms with Crippen LogP contribution in [0.25, 0.3) is 0 Å². The van der Waals surface area contributed by atoms with Gasteiger partial charge in [0.2, 0.25) is 0 Å². The molecule has 1 amide bonds. The van der Waals surface area contributed by atoms with E-state index in [1.165, 1.54) is 12.3 Å². The highest BCUT2D eigenvalue weighted by molar-refractivity contribution is 5.91. The number of hydrogen-bond donors (Lipinski definition) is 2. The van der Waals surface area contributed by atoms with Gasteiger partial charge in [-0.1, -0.05) is 29.4 Å². The summed E-state index contributed by atoms with van der Waals surface area (Å²) in [5.74, 6) is -0.300. The quantitative estimate of drug-likeness (QED) is 0.827. The van der Waals surface area contributed by atoms with E-state index in [0.717, 1.165) is 11.1 Å². The molecule has 0 bridgehead atoms. The molecule has 0 aliphatic carbocycles. The van der Waals surface area contributed by atoms with Crippen molar-refractivity contribution in [3.63, 3.8) is 0 Å². The van der Waals surface area contributed by atoms with Crippen LogP contribution in [-0.2, 0) is 13.2 Å². The van der Waals surface area contributed by atoms with Gasteiger partial charge in [-0.05, 0) is 11.1 Å². The van der Waals surface area contributed by atoms with E-state index >= 15 is 0 Å². The first-order chi connectivity index (χ1) is 8.31. The first kappa shape index (κ1) is 11.3. The molecule has 1 aromatic heterocycles. The van der Waals surface area contributed by atoms with Crippen molar-refractivity contribution in [2.24, 2.45) is 0 Å². The Morgan fingerprint density at radius 1 is 1.29 bits per heavy atom. The molecule has 5 nitrogen and oxygen atoms in total. The van der Waals surface area contributed by atoms with E-state index in [1.54, 1.807) is 0 Å². The van der Waals surface area contributed by atoms with Crippen LogP contribution in [0, 0.1) is 0 Å². The summed E-state index contributed by atoms with van der Waals surface area (Å²) in [4.78, 5) is 11.6. The maximum Gasteiger partial charge on any atom is 0.273 e. The number of aromatic nitrogens is 1. The fraction of sp³-hybridized carbons (Fsp3) is 0.167. The Hall–Kier alpha value is -2.14. The SMILES string of the molecule is O=C(NCc1ccccc1CO)c1ccon1. The summed E-state index contributed by atoms with van der Waals surface area (Å²) in [5, 5.41) is 15.4. The number of carbonyl (C=O) groups is 1. The number of hydrogen-bond acceptors (Lipinski definition) is 4. The topological polar surface area (TPSA) is 75.4 Å². The molecular weight excluding hydrogens is 220 g/mol. The summed E-state index contributed by atoms with van der Waals surface area (Å²) in [6.07, 6.45) is 1.34. The lowest BCUT2D eigenvalue weighted by Crippen LogP contribution is -2.23. The van der Waals surface area contributed by atoms with Crippen molar-refractivity contribution in [1.82, 2.24) is 10.5 Å². The van der Waals surface area contributed by atoms with Crippen LogP contribution in [0.3, 0.4) is 0 Å². The highest BCUT2D eigenvalue weighted by Crippen LogP contribution is 2.08. The van der Waals surface area contributed by atoms with Crippen LogP contribution >= 0.6 is 0 Å². The van der Waals surface area contributed by atoms with E-state index < -0.39 is 0 Å². The average molecular weight is 232 g/mol. The van der Waals surface area contributed by atoms with Crippen LogP contribution in [0.4, 0.5) is 0 Å². The van der Waals surface area contributed by atoms with Crippen LogP contribution < -0.4 is 5.32 Å². The molecule has 0 unspecified atom stereocenters. The number of nitrogens with one attached hydrogen (secondary N) is 1. The molecule has 2 N–H and O–H groups in total. The molecule has 0 atom stereocenters. The second-order valence-corrected chi connectivity index (χ2v) is 3.49. The smallest absolute Gasteiger partial charge is 0.273 e. The molecule has 5 heteroatoms. The summed E-state index contributed by atoms with van der Waals surface area (Å²) in [6, 6.07) is 8.87. The van der Waals surface area contributed by atoms with Gasteiger partial charge in [0.25, 0.3) is 5.91 Å². The first-order valence-electron chi connectivity index (χ1n) is 5.17. The molecule has 0 saturated heterocycles. The van der Waals surface area contributed by atoms with Crippen LogP contribution in [-0.4, -0.2) is 16.2 Å². The lowest BCUT2D eigenvalue weighted by Gasteiger charge is -2.07. The Morgan fingerprint density at radius 2 is 2.06 bits per heavy atom. The summed E-state index contributed by atoms with van der Waals surface area (Å²) in [5.41, 5.74) is 1.92. The molecule has 0 radical (unpaired) electrons. The van der Waals surface area contributed by atoms with Gasteiger partial charge in [0.05, 0.1) is 6.61 Å². The Balaban J connectivity index is 2.00. The number of rotatable bonds is 4. The molecule has 0 fully saturated rings. The van der Waals surface area contributed by atoms with E-state index in [2.05, 4.69) is 15.0 Å². The standard InChI is InChI=1S/C12H12N2O3/c15-8-10-4-2-1-3-9(10)7-13-12(16)11-5-6-17-14-11/h1-6,15H,7-8H2,(H,13,16). The van der Waals surface area contributed by atoms with Crippen LogP contribution in [0.1, 0.15) is 21.6 Å². The lowest BCUT2D eigenvalue weighted by atomic mass is 10.1. The molecule has 0 aliphatic rings. The summed E-state index contributed by atoms with van der Waals surface area (Å²) >= 11 is 0. The third-order valence-electron chi connectivity index (χ3n) is 2.40. The molecule has 0 spiro atoms. The summed E-state index contributed by atoms with van der Waals surface area (Å²) in [6.45, 7) is 0.304.